The van der Waals surface area contributed by atoms with Crippen molar-refractivity contribution in [3.05, 3.63) is 35.9 Å². The monoisotopic (exact) mass is 189 g/mol. The van der Waals surface area contributed by atoms with Crippen molar-refractivity contribution >= 4 is 5.95 Å². The molecule has 1 aromatic heterocycles. The van der Waals surface area contributed by atoms with E-state index in [9.17, 15) is 0 Å². The molecule has 0 saturated carbocycles. The van der Waals surface area contributed by atoms with Crippen LogP contribution in [0.3, 0.4) is 0 Å². The summed E-state index contributed by atoms with van der Waals surface area (Å²) in [6.45, 7) is 2.00. The van der Waals surface area contributed by atoms with Crippen LogP contribution in [-0.4, -0.2) is 20.2 Å². The van der Waals surface area contributed by atoms with Crippen LogP contribution in [-0.2, 0) is 0 Å². The number of nitrogens with zero attached hydrogens (tertiary/aromatic N) is 4. The fraction of sp³-hybridized carbons (Fsp3) is 0.222. The Morgan fingerprint density at radius 2 is 2.00 bits per heavy atom. The van der Waals surface area contributed by atoms with Gasteiger partial charge >= 0.3 is 0 Å². The summed E-state index contributed by atoms with van der Waals surface area (Å²) < 4.78 is 1.59. The number of benzene rings is 1. The second-order valence-corrected chi connectivity index (χ2v) is 3.07. The van der Waals surface area contributed by atoms with Gasteiger partial charge in [0.2, 0.25) is 5.95 Å². The van der Waals surface area contributed by atoms with E-state index >= 15 is 0 Å². The van der Waals surface area contributed by atoms with Gasteiger partial charge in [0.05, 0.1) is 6.04 Å². The summed E-state index contributed by atoms with van der Waals surface area (Å²) in [6.07, 6.45) is 0. The van der Waals surface area contributed by atoms with Gasteiger partial charge in [0, 0.05) is 0 Å². The van der Waals surface area contributed by atoms with Gasteiger partial charge in [0.15, 0.2) is 0 Å². The lowest BCUT2D eigenvalue weighted by atomic mass is 10.1. The number of hydrogen-bond donors (Lipinski definition) is 1. The highest BCUT2D eigenvalue weighted by Crippen LogP contribution is 2.17. The van der Waals surface area contributed by atoms with Crippen molar-refractivity contribution in [2.75, 3.05) is 5.73 Å². The lowest BCUT2D eigenvalue weighted by Gasteiger charge is -2.11. The topological polar surface area (TPSA) is 69.6 Å². The van der Waals surface area contributed by atoms with Gasteiger partial charge in [-0.2, -0.15) is 0 Å². The number of hydrogen-bond acceptors (Lipinski definition) is 4. The summed E-state index contributed by atoms with van der Waals surface area (Å²) in [5.74, 6) is 0.335. The van der Waals surface area contributed by atoms with Crippen molar-refractivity contribution in [2.24, 2.45) is 0 Å². The van der Waals surface area contributed by atoms with Crippen molar-refractivity contribution in [3.63, 3.8) is 0 Å². The molecular weight excluding hydrogens is 178 g/mol. The average molecular weight is 189 g/mol. The Morgan fingerprint density at radius 1 is 1.29 bits per heavy atom. The minimum absolute atomic E-state index is 0.0613. The van der Waals surface area contributed by atoms with Crippen molar-refractivity contribution in [3.8, 4) is 0 Å². The molecule has 14 heavy (non-hydrogen) atoms. The molecule has 0 saturated heterocycles. The second-order valence-electron chi connectivity index (χ2n) is 3.07. The van der Waals surface area contributed by atoms with Gasteiger partial charge in [0.1, 0.15) is 0 Å². The van der Waals surface area contributed by atoms with E-state index in [0.717, 1.165) is 5.56 Å². The van der Waals surface area contributed by atoms with Gasteiger partial charge in [-0.3, -0.25) is 0 Å². The molecule has 0 aliphatic carbocycles. The molecule has 0 bridgehead atoms. The number of nitrogens with two attached hydrogens (primary N) is 1. The smallest absolute Gasteiger partial charge is 0.240 e. The van der Waals surface area contributed by atoms with Crippen LogP contribution in [0.25, 0.3) is 0 Å². The molecule has 0 aliphatic rings. The Balaban J connectivity index is 2.34. The Labute approximate surface area is 81.5 Å². The third-order valence-corrected chi connectivity index (χ3v) is 2.17. The van der Waals surface area contributed by atoms with E-state index in [1.165, 1.54) is 0 Å². The second kappa shape index (κ2) is 3.45. The van der Waals surface area contributed by atoms with Crippen LogP contribution in [0.2, 0.25) is 0 Å². The lowest BCUT2D eigenvalue weighted by Crippen LogP contribution is -2.11. The van der Waals surface area contributed by atoms with Crippen LogP contribution >= 0.6 is 0 Å². The summed E-state index contributed by atoms with van der Waals surface area (Å²) in [7, 11) is 0. The van der Waals surface area contributed by atoms with E-state index in [4.69, 9.17) is 5.73 Å². The molecule has 5 nitrogen and oxygen atoms in total. The zero-order chi connectivity index (χ0) is 9.97. The summed E-state index contributed by atoms with van der Waals surface area (Å²) in [5.41, 5.74) is 6.74. The maximum atomic E-state index is 5.61. The minimum atomic E-state index is 0.0613. The quantitative estimate of drug-likeness (QED) is 0.760. The number of tetrazole rings is 1. The first-order valence-electron chi connectivity index (χ1n) is 4.37. The molecule has 0 aliphatic heterocycles. The minimum Gasteiger partial charge on any atom is -0.367 e. The molecular formula is C9H11N5. The van der Waals surface area contributed by atoms with Crippen LogP contribution < -0.4 is 5.73 Å². The highest BCUT2D eigenvalue weighted by Gasteiger charge is 2.11. The Kier molecular flexibility index (Phi) is 2.14. The maximum absolute atomic E-state index is 5.61. The fourth-order valence-electron chi connectivity index (χ4n) is 1.35. The highest BCUT2D eigenvalue weighted by molar-refractivity contribution is 5.22. The van der Waals surface area contributed by atoms with Crippen molar-refractivity contribution in [1.82, 2.24) is 20.2 Å². The normalized spacial score (nSPS) is 12.6. The Bertz CT molecular complexity index is 408. The van der Waals surface area contributed by atoms with Crippen LogP contribution in [0.4, 0.5) is 5.95 Å². The fourth-order valence-corrected chi connectivity index (χ4v) is 1.35. The third kappa shape index (κ3) is 1.44. The van der Waals surface area contributed by atoms with Crippen molar-refractivity contribution < 1.29 is 0 Å². The predicted octanol–water partition coefficient (Wildman–Crippen LogP) is 0.865. The van der Waals surface area contributed by atoms with Gasteiger partial charge in [-0.15, -0.1) is 0 Å². The van der Waals surface area contributed by atoms with Crippen LogP contribution in [0.1, 0.15) is 18.5 Å². The first-order chi connectivity index (χ1) is 6.79. The molecule has 1 aromatic carbocycles. The first kappa shape index (κ1) is 8.68. The van der Waals surface area contributed by atoms with Crippen molar-refractivity contribution in [1.29, 1.82) is 0 Å². The molecule has 2 aromatic rings. The predicted molar refractivity (Wildman–Crippen MR) is 52.5 cm³/mol. The molecule has 1 heterocycles. The largest absolute Gasteiger partial charge is 0.367 e. The summed E-state index contributed by atoms with van der Waals surface area (Å²) in [5, 5.41) is 11.0. The van der Waals surface area contributed by atoms with Crippen molar-refractivity contribution in [2.45, 2.75) is 13.0 Å². The molecule has 72 valence electrons. The molecule has 2 N–H and O–H groups in total. The van der Waals surface area contributed by atoms with E-state index < -0.39 is 0 Å². The number of aromatic nitrogens is 4. The van der Waals surface area contributed by atoms with E-state index in [2.05, 4.69) is 15.5 Å². The molecule has 1 atom stereocenters. The summed E-state index contributed by atoms with van der Waals surface area (Å²) in [4.78, 5) is 0. The van der Waals surface area contributed by atoms with E-state index in [1.54, 1.807) is 4.68 Å². The molecule has 0 unspecified atom stereocenters. The van der Waals surface area contributed by atoms with Gasteiger partial charge in [-0.1, -0.05) is 35.4 Å². The van der Waals surface area contributed by atoms with E-state index in [-0.39, 0.29) is 6.04 Å². The highest BCUT2D eigenvalue weighted by atomic mass is 15.6. The lowest BCUT2D eigenvalue weighted by molar-refractivity contribution is 0.550. The summed E-state index contributed by atoms with van der Waals surface area (Å²) >= 11 is 0. The zero-order valence-electron chi connectivity index (χ0n) is 7.83. The van der Waals surface area contributed by atoms with Gasteiger partial charge in [0.25, 0.3) is 0 Å². The summed E-state index contributed by atoms with van der Waals surface area (Å²) in [6, 6.07) is 10.0. The first-order valence-corrected chi connectivity index (χ1v) is 4.37. The number of nitrogen functional groups attached to an aromatic ring is 1. The average Bonchev–Trinajstić information content (AvgIpc) is 2.65. The molecule has 2 rings (SSSR count). The molecule has 0 fully saturated rings. The van der Waals surface area contributed by atoms with E-state index in [0.29, 0.717) is 5.95 Å². The molecule has 0 spiro atoms. The molecule has 0 amide bonds. The van der Waals surface area contributed by atoms with Gasteiger partial charge < -0.3 is 5.73 Å². The number of rotatable bonds is 2. The van der Waals surface area contributed by atoms with E-state index in [1.807, 2.05) is 37.3 Å². The van der Waals surface area contributed by atoms with Gasteiger partial charge in [-0.05, 0) is 22.9 Å². The van der Waals surface area contributed by atoms with Crippen LogP contribution in [0.5, 0.6) is 0 Å². The standard InChI is InChI=1S/C9H11N5/c1-7(8-5-3-2-4-6-8)14-9(10)11-12-13-14/h2-7H,1H3,(H2,10,11,13)/t7-/m1/s1. The molecule has 0 radical (unpaired) electrons. The Morgan fingerprint density at radius 3 is 2.57 bits per heavy atom. The molecule has 5 heteroatoms. The number of anilines is 1. The SMILES string of the molecule is C[C@H](c1ccccc1)n1nnnc1N. The zero-order valence-corrected chi connectivity index (χ0v) is 7.83. The maximum Gasteiger partial charge on any atom is 0.240 e. The Hall–Kier alpha value is -1.91. The van der Waals surface area contributed by atoms with Crippen LogP contribution in [0.15, 0.2) is 30.3 Å². The van der Waals surface area contributed by atoms with Gasteiger partial charge in [-0.25, -0.2) is 4.68 Å². The van der Waals surface area contributed by atoms with Crippen LogP contribution in [0, 0.1) is 0 Å². The third-order valence-electron chi connectivity index (χ3n) is 2.17.